The minimum Gasteiger partial charge on any atom is -0.490 e. The zero-order valence-electron chi connectivity index (χ0n) is 14.5. The van der Waals surface area contributed by atoms with Crippen LogP contribution in [0.15, 0.2) is 18.3 Å². The number of imidazole rings is 1. The van der Waals surface area contributed by atoms with E-state index in [1.165, 1.54) is 7.11 Å². The molecule has 25 heavy (non-hydrogen) atoms. The first-order valence-electron chi connectivity index (χ1n) is 8.27. The SMILES string of the molecule is CCOc1cccn2c(C(=O)N[C@@H]3CN[C@H](C(=O)OC)C3)c(C)nc12. The first kappa shape index (κ1) is 17.2. The van der Waals surface area contributed by atoms with Gasteiger partial charge in [0.1, 0.15) is 11.7 Å². The number of carbonyl (C=O) groups is 2. The molecule has 0 radical (unpaired) electrons. The number of hydrogen-bond acceptors (Lipinski definition) is 6. The molecule has 1 amide bonds. The maximum Gasteiger partial charge on any atom is 0.322 e. The molecule has 134 valence electrons. The smallest absolute Gasteiger partial charge is 0.322 e. The summed E-state index contributed by atoms with van der Waals surface area (Å²) in [6.45, 7) is 4.74. The van der Waals surface area contributed by atoms with Gasteiger partial charge in [0.25, 0.3) is 5.91 Å². The van der Waals surface area contributed by atoms with Gasteiger partial charge in [0.2, 0.25) is 0 Å². The fraction of sp³-hybridized carbons (Fsp3) is 0.471. The van der Waals surface area contributed by atoms with E-state index in [1.54, 1.807) is 17.5 Å². The number of pyridine rings is 1. The molecule has 1 fully saturated rings. The number of aryl methyl sites for hydroxylation is 1. The van der Waals surface area contributed by atoms with Gasteiger partial charge < -0.3 is 20.1 Å². The van der Waals surface area contributed by atoms with E-state index in [-0.39, 0.29) is 24.0 Å². The molecule has 8 heteroatoms. The molecule has 1 aliphatic heterocycles. The van der Waals surface area contributed by atoms with Crippen molar-refractivity contribution in [2.45, 2.75) is 32.4 Å². The minimum absolute atomic E-state index is 0.142. The van der Waals surface area contributed by atoms with Crippen molar-refractivity contribution >= 4 is 17.5 Å². The molecule has 2 aromatic rings. The summed E-state index contributed by atoms with van der Waals surface area (Å²) in [4.78, 5) is 28.8. The molecule has 0 spiro atoms. The average Bonchev–Trinajstić information content (AvgIpc) is 3.18. The number of carbonyl (C=O) groups excluding carboxylic acids is 2. The second-order valence-corrected chi connectivity index (χ2v) is 5.93. The molecule has 0 saturated carbocycles. The van der Waals surface area contributed by atoms with Gasteiger partial charge in [-0.2, -0.15) is 0 Å². The molecule has 1 aliphatic rings. The van der Waals surface area contributed by atoms with Crippen LogP contribution in [-0.4, -0.2) is 53.6 Å². The molecule has 3 rings (SSSR count). The van der Waals surface area contributed by atoms with Gasteiger partial charge in [-0.3, -0.25) is 14.0 Å². The van der Waals surface area contributed by atoms with Gasteiger partial charge >= 0.3 is 5.97 Å². The predicted molar refractivity (Wildman–Crippen MR) is 90.8 cm³/mol. The van der Waals surface area contributed by atoms with Crippen LogP contribution in [0.3, 0.4) is 0 Å². The molecule has 0 bridgehead atoms. The van der Waals surface area contributed by atoms with Gasteiger partial charge in [0.05, 0.1) is 19.4 Å². The van der Waals surface area contributed by atoms with Crippen LogP contribution in [0.2, 0.25) is 0 Å². The molecule has 2 N–H and O–H groups in total. The Hall–Kier alpha value is -2.61. The molecule has 2 aromatic heterocycles. The van der Waals surface area contributed by atoms with Gasteiger partial charge in [0.15, 0.2) is 11.4 Å². The van der Waals surface area contributed by atoms with Gasteiger partial charge in [-0.15, -0.1) is 0 Å². The van der Waals surface area contributed by atoms with Crippen molar-refractivity contribution in [3.8, 4) is 5.75 Å². The van der Waals surface area contributed by atoms with E-state index in [0.717, 1.165) is 0 Å². The maximum atomic E-state index is 12.8. The molecule has 2 atom stereocenters. The second-order valence-electron chi connectivity index (χ2n) is 5.93. The monoisotopic (exact) mass is 346 g/mol. The van der Waals surface area contributed by atoms with Gasteiger partial charge in [0, 0.05) is 18.8 Å². The Kier molecular flexibility index (Phi) is 4.89. The third kappa shape index (κ3) is 3.30. The summed E-state index contributed by atoms with van der Waals surface area (Å²) in [5.74, 6) is 0.0977. The first-order chi connectivity index (χ1) is 12.0. The molecule has 0 aromatic carbocycles. The third-order valence-electron chi connectivity index (χ3n) is 4.26. The van der Waals surface area contributed by atoms with Crippen molar-refractivity contribution in [2.24, 2.45) is 0 Å². The molecule has 0 unspecified atom stereocenters. The number of rotatable bonds is 5. The number of methoxy groups -OCH3 is 1. The lowest BCUT2D eigenvalue weighted by Gasteiger charge is -2.12. The summed E-state index contributed by atoms with van der Waals surface area (Å²) in [5, 5.41) is 6.02. The fourth-order valence-electron chi connectivity index (χ4n) is 3.12. The van der Waals surface area contributed by atoms with Crippen molar-refractivity contribution in [1.29, 1.82) is 0 Å². The van der Waals surface area contributed by atoms with E-state index >= 15 is 0 Å². The Morgan fingerprint density at radius 2 is 2.28 bits per heavy atom. The van der Waals surface area contributed by atoms with Crippen LogP contribution < -0.4 is 15.4 Å². The molecular weight excluding hydrogens is 324 g/mol. The van der Waals surface area contributed by atoms with Gasteiger partial charge in [-0.25, -0.2) is 4.98 Å². The summed E-state index contributed by atoms with van der Waals surface area (Å²) < 4.78 is 12.0. The fourth-order valence-corrected chi connectivity index (χ4v) is 3.12. The lowest BCUT2D eigenvalue weighted by molar-refractivity contribution is -0.142. The molecule has 8 nitrogen and oxygen atoms in total. The Balaban J connectivity index is 1.80. The largest absolute Gasteiger partial charge is 0.490 e. The molecule has 0 aliphatic carbocycles. The normalized spacial score (nSPS) is 19.8. The summed E-state index contributed by atoms with van der Waals surface area (Å²) >= 11 is 0. The number of nitrogens with one attached hydrogen (secondary N) is 2. The van der Waals surface area contributed by atoms with E-state index in [2.05, 4.69) is 15.6 Å². The van der Waals surface area contributed by atoms with Crippen molar-refractivity contribution in [1.82, 2.24) is 20.0 Å². The number of nitrogens with zero attached hydrogens (tertiary/aromatic N) is 2. The first-order valence-corrected chi connectivity index (χ1v) is 8.27. The summed E-state index contributed by atoms with van der Waals surface area (Å²) in [6, 6.07) is 3.12. The lowest BCUT2D eigenvalue weighted by atomic mass is 10.1. The average molecular weight is 346 g/mol. The van der Waals surface area contributed by atoms with Gasteiger partial charge in [-0.05, 0) is 32.4 Å². The molecule has 3 heterocycles. The highest BCUT2D eigenvalue weighted by molar-refractivity contribution is 5.95. The lowest BCUT2D eigenvalue weighted by Crippen LogP contribution is -2.37. The maximum absolute atomic E-state index is 12.8. The number of hydrogen-bond donors (Lipinski definition) is 2. The topological polar surface area (TPSA) is 94.0 Å². The van der Waals surface area contributed by atoms with E-state index in [0.29, 0.717) is 42.4 Å². The van der Waals surface area contributed by atoms with Crippen molar-refractivity contribution in [3.63, 3.8) is 0 Å². The van der Waals surface area contributed by atoms with E-state index in [1.807, 2.05) is 19.1 Å². The Labute approximate surface area is 145 Å². The van der Waals surface area contributed by atoms with Crippen LogP contribution in [0.25, 0.3) is 5.65 Å². The van der Waals surface area contributed by atoms with Crippen molar-refractivity contribution < 1.29 is 19.1 Å². The van der Waals surface area contributed by atoms with Crippen molar-refractivity contribution in [3.05, 3.63) is 29.7 Å². The van der Waals surface area contributed by atoms with E-state index in [4.69, 9.17) is 9.47 Å². The quantitative estimate of drug-likeness (QED) is 0.773. The van der Waals surface area contributed by atoms with Crippen LogP contribution >= 0.6 is 0 Å². The highest BCUT2D eigenvalue weighted by Crippen LogP contribution is 2.22. The van der Waals surface area contributed by atoms with Gasteiger partial charge in [-0.1, -0.05) is 0 Å². The number of esters is 1. The standard InChI is InChI=1S/C17H22N4O4/c1-4-25-13-6-5-7-21-14(10(2)19-15(13)21)16(22)20-11-8-12(18-9-11)17(23)24-3/h5-7,11-12,18H,4,8-9H2,1-3H3,(H,20,22)/t11-,12-/m0/s1. The second kappa shape index (κ2) is 7.10. The highest BCUT2D eigenvalue weighted by Gasteiger charge is 2.32. The van der Waals surface area contributed by atoms with Crippen LogP contribution in [-0.2, 0) is 9.53 Å². The number of aromatic nitrogens is 2. The Bertz CT molecular complexity index is 801. The Morgan fingerprint density at radius 1 is 1.48 bits per heavy atom. The number of fused-ring (bicyclic) bond motifs is 1. The zero-order valence-corrected chi connectivity index (χ0v) is 14.5. The summed E-state index contributed by atoms with van der Waals surface area (Å²) in [6.07, 6.45) is 2.29. The van der Waals surface area contributed by atoms with Crippen LogP contribution in [0.4, 0.5) is 0 Å². The van der Waals surface area contributed by atoms with Crippen LogP contribution in [0.1, 0.15) is 29.5 Å². The summed E-state index contributed by atoms with van der Waals surface area (Å²) in [7, 11) is 1.35. The van der Waals surface area contributed by atoms with Crippen molar-refractivity contribution in [2.75, 3.05) is 20.3 Å². The molecular formula is C17H22N4O4. The predicted octanol–water partition coefficient (Wildman–Crippen LogP) is 0.675. The highest BCUT2D eigenvalue weighted by atomic mass is 16.5. The number of ether oxygens (including phenoxy) is 2. The number of amides is 1. The van der Waals surface area contributed by atoms with Crippen LogP contribution in [0.5, 0.6) is 5.75 Å². The Morgan fingerprint density at radius 3 is 3.00 bits per heavy atom. The zero-order chi connectivity index (χ0) is 18.0. The van der Waals surface area contributed by atoms with Crippen LogP contribution in [0, 0.1) is 6.92 Å². The van der Waals surface area contributed by atoms with E-state index < -0.39 is 0 Å². The van der Waals surface area contributed by atoms with E-state index in [9.17, 15) is 9.59 Å². The molecule has 1 saturated heterocycles. The summed E-state index contributed by atoms with van der Waals surface area (Å²) in [5.41, 5.74) is 1.71. The minimum atomic E-state index is -0.386. The third-order valence-corrected chi connectivity index (χ3v) is 4.26.